The van der Waals surface area contributed by atoms with E-state index in [4.69, 9.17) is 27.6 Å². The third-order valence-electron chi connectivity index (χ3n) is 2.51. The molecule has 3 nitrogen and oxygen atoms in total. The van der Waals surface area contributed by atoms with Crippen molar-refractivity contribution in [3.05, 3.63) is 50.8 Å². The van der Waals surface area contributed by atoms with Gasteiger partial charge in [0.05, 0.1) is 11.9 Å². The predicted octanol–water partition coefficient (Wildman–Crippen LogP) is 4.03. The van der Waals surface area contributed by atoms with E-state index < -0.39 is 5.76 Å². The van der Waals surface area contributed by atoms with E-state index in [2.05, 4.69) is 0 Å². The number of halogens is 2. The Labute approximate surface area is 115 Å². The molecular formula is C13H13Cl2NO2. The van der Waals surface area contributed by atoms with Crippen LogP contribution >= 0.6 is 23.2 Å². The van der Waals surface area contributed by atoms with Crippen LogP contribution in [-0.2, 0) is 5.41 Å². The Morgan fingerprint density at radius 2 is 1.67 bits per heavy atom. The van der Waals surface area contributed by atoms with Gasteiger partial charge < -0.3 is 4.42 Å². The first-order chi connectivity index (χ1) is 8.27. The molecule has 0 saturated heterocycles. The fourth-order valence-electron chi connectivity index (χ4n) is 1.54. The van der Waals surface area contributed by atoms with Crippen molar-refractivity contribution in [2.45, 2.75) is 26.2 Å². The molecule has 0 radical (unpaired) electrons. The van der Waals surface area contributed by atoms with Gasteiger partial charge in [-0.05, 0) is 18.2 Å². The zero-order valence-electron chi connectivity index (χ0n) is 10.3. The first-order valence-electron chi connectivity index (χ1n) is 5.47. The second-order valence-corrected chi connectivity index (χ2v) is 5.98. The molecular weight excluding hydrogens is 273 g/mol. The van der Waals surface area contributed by atoms with Gasteiger partial charge in [-0.15, -0.1) is 0 Å². The highest BCUT2D eigenvalue weighted by Gasteiger charge is 2.20. The van der Waals surface area contributed by atoms with Crippen molar-refractivity contribution < 1.29 is 4.42 Å². The number of rotatable bonds is 1. The number of benzene rings is 1. The summed E-state index contributed by atoms with van der Waals surface area (Å²) in [5.41, 5.74) is 0.365. The lowest BCUT2D eigenvalue weighted by Crippen LogP contribution is -2.10. The lowest BCUT2D eigenvalue weighted by atomic mass is 9.94. The zero-order valence-corrected chi connectivity index (χ0v) is 11.8. The Morgan fingerprint density at radius 3 is 2.11 bits per heavy atom. The number of aromatic nitrogens is 1. The van der Waals surface area contributed by atoms with Crippen LogP contribution in [0, 0.1) is 0 Å². The van der Waals surface area contributed by atoms with Gasteiger partial charge in [0, 0.05) is 15.5 Å². The largest absolute Gasteiger partial charge is 0.423 e. The average molecular weight is 286 g/mol. The zero-order chi connectivity index (χ0) is 13.5. The summed E-state index contributed by atoms with van der Waals surface area (Å²) in [6.07, 6.45) is 1.67. The van der Waals surface area contributed by atoms with E-state index in [1.54, 1.807) is 24.4 Å². The molecule has 1 aromatic carbocycles. The van der Waals surface area contributed by atoms with Gasteiger partial charge in [0.25, 0.3) is 0 Å². The SMILES string of the molecule is CC(C)(C)c1cn(-c2cc(Cl)cc(Cl)c2)c(=O)o1. The summed E-state index contributed by atoms with van der Waals surface area (Å²) in [4.78, 5) is 11.8. The third kappa shape index (κ3) is 2.62. The molecule has 18 heavy (non-hydrogen) atoms. The minimum absolute atomic E-state index is 0.229. The molecule has 0 spiro atoms. The lowest BCUT2D eigenvalue weighted by molar-refractivity contribution is 0.385. The summed E-state index contributed by atoms with van der Waals surface area (Å²) in [6.45, 7) is 5.92. The van der Waals surface area contributed by atoms with Crippen LogP contribution in [0.4, 0.5) is 0 Å². The number of nitrogens with zero attached hydrogens (tertiary/aromatic N) is 1. The van der Waals surface area contributed by atoms with Crippen LogP contribution in [0.5, 0.6) is 0 Å². The van der Waals surface area contributed by atoms with Crippen LogP contribution in [-0.4, -0.2) is 4.57 Å². The summed E-state index contributed by atoms with van der Waals surface area (Å²) in [5, 5.41) is 0.950. The average Bonchev–Trinajstić information content (AvgIpc) is 2.58. The Hall–Kier alpha value is -1.19. The van der Waals surface area contributed by atoms with Crippen LogP contribution in [0.15, 0.2) is 33.6 Å². The summed E-state index contributed by atoms with van der Waals surface area (Å²) in [5.74, 6) is 0.168. The van der Waals surface area contributed by atoms with Gasteiger partial charge in [0.15, 0.2) is 0 Å². The molecule has 5 heteroatoms. The van der Waals surface area contributed by atoms with Gasteiger partial charge in [-0.2, -0.15) is 0 Å². The maximum Gasteiger partial charge on any atom is 0.423 e. The maximum atomic E-state index is 11.8. The van der Waals surface area contributed by atoms with Gasteiger partial charge in [-0.1, -0.05) is 44.0 Å². The first kappa shape index (κ1) is 13.2. The third-order valence-corrected chi connectivity index (χ3v) is 2.94. The molecule has 0 atom stereocenters. The molecule has 0 amide bonds. The van der Waals surface area contributed by atoms with E-state index in [1.807, 2.05) is 20.8 Å². The highest BCUT2D eigenvalue weighted by molar-refractivity contribution is 6.34. The molecule has 96 valence electrons. The van der Waals surface area contributed by atoms with Gasteiger partial charge in [-0.25, -0.2) is 9.36 Å². The quantitative estimate of drug-likeness (QED) is 0.793. The lowest BCUT2D eigenvalue weighted by Gasteiger charge is -2.12. The van der Waals surface area contributed by atoms with Crippen molar-refractivity contribution in [3.63, 3.8) is 0 Å². The molecule has 0 saturated carbocycles. The van der Waals surface area contributed by atoms with Crippen LogP contribution in [0.3, 0.4) is 0 Å². The highest BCUT2D eigenvalue weighted by atomic mass is 35.5. The second kappa shape index (κ2) is 4.48. The Morgan fingerprint density at radius 1 is 1.11 bits per heavy atom. The molecule has 2 rings (SSSR count). The first-order valence-corrected chi connectivity index (χ1v) is 6.22. The molecule has 0 fully saturated rings. The fourth-order valence-corrected chi connectivity index (χ4v) is 2.06. The van der Waals surface area contributed by atoms with Crippen LogP contribution in [0.1, 0.15) is 26.5 Å². The summed E-state index contributed by atoms with van der Waals surface area (Å²) in [6, 6.07) is 4.94. The monoisotopic (exact) mass is 285 g/mol. The topological polar surface area (TPSA) is 35.1 Å². The Bertz CT molecular complexity index is 615. The molecule has 0 N–H and O–H groups in total. The molecule has 1 aromatic heterocycles. The van der Waals surface area contributed by atoms with Gasteiger partial charge in [0.2, 0.25) is 0 Å². The number of oxazole rings is 1. The van der Waals surface area contributed by atoms with E-state index >= 15 is 0 Å². The summed E-state index contributed by atoms with van der Waals surface area (Å²) in [7, 11) is 0. The Balaban J connectivity index is 2.58. The minimum Gasteiger partial charge on any atom is -0.412 e. The Kier molecular flexibility index (Phi) is 3.30. The molecule has 0 bridgehead atoms. The summed E-state index contributed by atoms with van der Waals surface area (Å²) >= 11 is 11.8. The van der Waals surface area contributed by atoms with Gasteiger partial charge in [0.1, 0.15) is 5.76 Å². The minimum atomic E-state index is -0.446. The fraction of sp³-hybridized carbons (Fsp3) is 0.308. The van der Waals surface area contributed by atoms with Crippen molar-refractivity contribution in [1.82, 2.24) is 4.57 Å². The van der Waals surface area contributed by atoms with E-state index in [0.717, 1.165) is 0 Å². The normalized spacial score (nSPS) is 11.8. The molecule has 0 unspecified atom stereocenters. The van der Waals surface area contributed by atoms with E-state index in [1.165, 1.54) is 4.57 Å². The maximum absolute atomic E-state index is 11.8. The van der Waals surface area contributed by atoms with Crippen LogP contribution < -0.4 is 5.76 Å². The highest BCUT2D eigenvalue weighted by Crippen LogP contribution is 2.24. The number of hydrogen-bond acceptors (Lipinski definition) is 2. The van der Waals surface area contributed by atoms with E-state index in [0.29, 0.717) is 21.5 Å². The number of hydrogen-bond donors (Lipinski definition) is 0. The van der Waals surface area contributed by atoms with Crippen molar-refractivity contribution >= 4 is 23.2 Å². The van der Waals surface area contributed by atoms with Crippen molar-refractivity contribution in [1.29, 1.82) is 0 Å². The van der Waals surface area contributed by atoms with Gasteiger partial charge >= 0.3 is 5.76 Å². The molecule has 1 heterocycles. The standard InChI is InChI=1S/C13H13Cl2NO2/c1-13(2,3)11-7-16(12(17)18-11)10-5-8(14)4-9(15)6-10/h4-7H,1-3H3. The van der Waals surface area contributed by atoms with E-state index in [-0.39, 0.29) is 5.41 Å². The van der Waals surface area contributed by atoms with Gasteiger partial charge in [-0.3, -0.25) is 0 Å². The van der Waals surface area contributed by atoms with Crippen molar-refractivity contribution in [2.24, 2.45) is 0 Å². The molecule has 0 aliphatic carbocycles. The smallest absolute Gasteiger partial charge is 0.412 e. The second-order valence-electron chi connectivity index (χ2n) is 5.11. The van der Waals surface area contributed by atoms with E-state index in [9.17, 15) is 4.79 Å². The predicted molar refractivity (Wildman–Crippen MR) is 73.0 cm³/mol. The molecule has 0 aliphatic heterocycles. The molecule has 0 aliphatic rings. The van der Waals surface area contributed by atoms with Crippen LogP contribution in [0.25, 0.3) is 5.69 Å². The van der Waals surface area contributed by atoms with Crippen molar-refractivity contribution in [2.75, 3.05) is 0 Å². The van der Waals surface area contributed by atoms with Crippen LogP contribution in [0.2, 0.25) is 10.0 Å². The molecule has 2 aromatic rings. The van der Waals surface area contributed by atoms with Crippen molar-refractivity contribution in [3.8, 4) is 5.69 Å². The summed E-state index contributed by atoms with van der Waals surface area (Å²) < 4.78 is 6.64.